The molecule has 0 radical (unpaired) electrons. The Hall–Kier alpha value is -3.07. The van der Waals surface area contributed by atoms with Crippen molar-refractivity contribution in [2.45, 2.75) is 123 Å². The molecule has 0 spiro atoms. The Kier molecular flexibility index (Phi) is 33.6. The SMILES string of the molecule is CC/C=C\C/C=C\C/C=C\C/C=C\C/C=C\CC(=O)OC(COC(=O)CCCCCCC/C=C\C/C=C\C/C=C\CC)COP(=O)([O-])OCC[N+](C)(C)C. The molecule has 2 atom stereocenters. The van der Waals surface area contributed by atoms with Crippen molar-refractivity contribution < 1.29 is 42.1 Å². The summed E-state index contributed by atoms with van der Waals surface area (Å²) in [6.07, 6.45) is 46.1. The van der Waals surface area contributed by atoms with Crippen LogP contribution >= 0.6 is 7.82 Å². The topological polar surface area (TPSA) is 111 Å². The molecule has 54 heavy (non-hydrogen) atoms. The van der Waals surface area contributed by atoms with E-state index < -0.39 is 32.5 Å². The number of hydrogen-bond acceptors (Lipinski definition) is 8. The van der Waals surface area contributed by atoms with E-state index in [2.05, 4.69) is 92.8 Å². The van der Waals surface area contributed by atoms with Crippen LogP contribution in [-0.4, -0.2) is 70.0 Å². The molecule has 0 aliphatic carbocycles. The van der Waals surface area contributed by atoms with Gasteiger partial charge in [0.25, 0.3) is 7.82 Å². The van der Waals surface area contributed by atoms with Gasteiger partial charge in [-0.05, 0) is 70.6 Å². The van der Waals surface area contributed by atoms with Gasteiger partial charge in [-0.2, -0.15) is 0 Å². The molecule has 0 saturated carbocycles. The summed E-state index contributed by atoms with van der Waals surface area (Å²) < 4.78 is 33.6. The molecule has 0 aromatic heterocycles. The smallest absolute Gasteiger partial charge is 0.310 e. The van der Waals surface area contributed by atoms with Gasteiger partial charge in [-0.15, -0.1) is 0 Å². The third-order valence-electron chi connectivity index (χ3n) is 7.63. The molecule has 0 aromatic rings. The van der Waals surface area contributed by atoms with E-state index in [0.717, 1.165) is 77.0 Å². The van der Waals surface area contributed by atoms with E-state index in [9.17, 15) is 19.0 Å². The van der Waals surface area contributed by atoms with Crippen LogP contribution in [0.15, 0.2) is 97.2 Å². The van der Waals surface area contributed by atoms with Crippen molar-refractivity contribution in [3.8, 4) is 0 Å². The number of unbranched alkanes of at least 4 members (excludes halogenated alkanes) is 5. The molecule has 0 aliphatic heterocycles. The lowest BCUT2D eigenvalue weighted by Crippen LogP contribution is -2.37. The van der Waals surface area contributed by atoms with E-state index in [1.807, 2.05) is 33.3 Å². The fourth-order valence-electron chi connectivity index (χ4n) is 4.57. The van der Waals surface area contributed by atoms with Crippen molar-refractivity contribution in [3.63, 3.8) is 0 Å². The standard InChI is InChI=1S/C44H72NO8P/c1-6-8-10-12-14-16-18-20-22-24-26-28-30-32-34-36-43(46)50-40-42(41-52-54(48,49)51-39-38-45(3,4)5)53-44(47)37-35-33-31-29-27-25-23-21-19-17-15-13-11-9-7-2/h8-11,14-17,20-23,27,29,33,35,42H,6-7,12-13,18-19,24-26,28,30-32,34,36-41H2,1-5H3/b10-8-,11-9-,16-14-,17-15-,22-20-,23-21-,29-27-,35-33-. The lowest BCUT2D eigenvalue weighted by atomic mass is 10.1. The summed E-state index contributed by atoms with van der Waals surface area (Å²) in [5, 5.41) is 0. The summed E-state index contributed by atoms with van der Waals surface area (Å²) in [6, 6.07) is 0. The summed E-state index contributed by atoms with van der Waals surface area (Å²) in [7, 11) is 1.08. The molecule has 10 heteroatoms. The lowest BCUT2D eigenvalue weighted by molar-refractivity contribution is -0.870. The van der Waals surface area contributed by atoms with Crippen LogP contribution in [0, 0.1) is 0 Å². The van der Waals surface area contributed by atoms with Crippen LogP contribution in [0.5, 0.6) is 0 Å². The van der Waals surface area contributed by atoms with Gasteiger partial charge in [-0.25, -0.2) is 0 Å². The zero-order chi connectivity index (χ0) is 40.0. The van der Waals surface area contributed by atoms with Crippen molar-refractivity contribution in [2.75, 3.05) is 47.5 Å². The molecular formula is C44H72NO8P. The monoisotopic (exact) mass is 773 g/mol. The highest BCUT2D eigenvalue weighted by molar-refractivity contribution is 7.45. The maximum absolute atomic E-state index is 12.6. The summed E-state index contributed by atoms with van der Waals surface area (Å²) in [5.41, 5.74) is 0. The number of phosphoric acid groups is 1. The van der Waals surface area contributed by atoms with Crippen molar-refractivity contribution in [2.24, 2.45) is 0 Å². The fraction of sp³-hybridized carbons (Fsp3) is 0.591. The quantitative estimate of drug-likeness (QED) is 0.0209. The molecule has 2 unspecified atom stereocenters. The fourth-order valence-corrected chi connectivity index (χ4v) is 5.29. The molecule has 0 amide bonds. The van der Waals surface area contributed by atoms with E-state index in [4.69, 9.17) is 18.5 Å². The van der Waals surface area contributed by atoms with Crippen molar-refractivity contribution in [1.29, 1.82) is 0 Å². The number of hydrogen-bond donors (Lipinski definition) is 0. The molecule has 306 valence electrons. The van der Waals surface area contributed by atoms with Crippen molar-refractivity contribution in [1.82, 2.24) is 0 Å². The Morgan fingerprint density at radius 1 is 0.593 bits per heavy atom. The number of likely N-dealkylation sites (N-methyl/N-ethyl adjacent to an activating group) is 1. The van der Waals surface area contributed by atoms with Crippen LogP contribution < -0.4 is 4.89 Å². The molecule has 0 aromatic carbocycles. The van der Waals surface area contributed by atoms with Gasteiger partial charge in [0.2, 0.25) is 0 Å². The Balaban J connectivity index is 4.61. The second-order valence-corrected chi connectivity index (χ2v) is 15.3. The first kappa shape index (κ1) is 50.9. The van der Waals surface area contributed by atoms with Gasteiger partial charge in [-0.3, -0.25) is 14.2 Å². The van der Waals surface area contributed by atoms with E-state index in [1.165, 1.54) is 0 Å². The number of esters is 2. The Morgan fingerprint density at radius 3 is 1.57 bits per heavy atom. The largest absolute Gasteiger partial charge is 0.756 e. The highest BCUT2D eigenvalue weighted by atomic mass is 31.2. The number of phosphoric ester groups is 1. The van der Waals surface area contributed by atoms with Crippen LogP contribution in [0.25, 0.3) is 0 Å². The highest BCUT2D eigenvalue weighted by Crippen LogP contribution is 2.38. The van der Waals surface area contributed by atoms with Gasteiger partial charge in [0.1, 0.15) is 19.8 Å². The maximum Gasteiger partial charge on any atom is 0.310 e. The molecule has 0 rings (SSSR count). The molecular weight excluding hydrogens is 701 g/mol. The van der Waals surface area contributed by atoms with Crippen molar-refractivity contribution >= 4 is 19.8 Å². The lowest BCUT2D eigenvalue weighted by Gasteiger charge is -2.28. The number of nitrogens with zero attached hydrogens (tertiary/aromatic N) is 1. The first-order valence-corrected chi connectivity index (χ1v) is 21.4. The molecule has 0 bridgehead atoms. The molecule has 0 N–H and O–H groups in total. The maximum atomic E-state index is 12.6. The highest BCUT2D eigenvalue weighted by Gasteiger charge is 2.21. The Morgan fingerprint density at radius 2 is 1.06 bits per heavy atom. The summed E-state index contributed by atoms with van der Waals surface area (Å²) in [5.74, 6) is -1.02. The van der Waals surface area contributed by atoms with E-state index in [1.54, 1.807) is 6.08 Å². The second-order valence-electron chi connectivity index (χ2n) is 13.9. The Labute approximate surface area is 328 Å². The minimum absolute atomic E-state index is 0.0171. The van der Waals surface area contributed by atoms with E-state index >= 15 is 0 Å². The second kappa shape index (κ2) is 35.6. The molecule has 9 nitrogen and oxygen atoms in total. The van der Waals surface area contributed by atoms with Crippen LogP contribution in [0.3, 0.4) is 0 Å². The minimum atomic E-state index is -4.66. The van der Waals surface area contributed by atoms with Crippen LogP contribution in [0.4, 0.5) is 0 Å². The molecule has 0 fully saturated rings. The third-order valence-corrected chi connectivity index (χ3v) is 8.60. The number of ether oxygens (including phenoxy) is 2. The van der Waals surface area contributed by atoms with Crippen LogP contribution in [0.2, 0.25) is 0 Å². The number of carbonyl (C=O) groups excluding carboxylic acids is 2. The predicted octanol–water partition coefficient (Wildman–Crippen LogP) is 10.4. The number of rotatable bonds is 34. The average molecular weight is 774 g/mol. The number of carbonyl (C=O) groups is 2. The molecule has 0 aliphatic rings. The number of quaternary nitrogens is 1. The zero-order valence-corrected chi connectivity index (χ0v) is 35.0. The van der Waals surface area contributed by atoms with Gasteiger partial charge in [-0.1, -0.05) is 130 Å². The van der Waals surface area contributed by atoms with E-state index in [-0.39, 0.29) is 26.1 Å². The van der Waals surface area contributed by atoms with Crippen LogP contribution in [-0.2, 0) is 32.7 Å². The predicted molar refractivity (Wildman–Crippen MR) is 222 cm³/mol. The summed E-state index contributed by atoms with van der Waals surface area (Å²) in [4.78, 5) is 37.3. The van der Waals surface area contributed by atoms with Gasteiger partial charge in [0.15, 0.2) is 6.10 Å². The van der Waals surface area contributed by atoms with Crippen LogP contribution in [0.1, 0.15) is 117 Å². The first-order chi connectivity index (χ1) is 26.0. The van der Waals surface area contributed by atoms with Crippen molar-refractivity contribution in [3.05, 3.63) is 97.2 Å². The summed E-state index contributed by atoms with van der Waals surface area (Å²) >= 11 is 0. The van der Waals surface area contributed by atoms with Gasteiger partial charge in [0.05, 0.1) is 34.2 Å². The number of allylic oxidation sites excluding steroid dienone is 15. The third kappa shape index (κ3) is 38.6. The van der Waals surface area contributed by atoms with Gasteiger partial charge in [0, 0.05) is 6.42 Å². The summed E-state index contributed by atoms with van der Waals surface area (Å²) in [6.45, 7) is 3.82. The molecule has 0 saturated heterocycles. The minimum Gasteiger partial charge on any atom is -0.756 e. The van der Waals surface area contributed by atoms with E-state index in [0.29, 0.717) is 23.9 Å². The normalized spacial score (nSPS) is 14.7. The first-order valence-electron chi connectivity index (χ1n) is 19.9. The van der Waals surface area contributed by atoms with Gasteiger partial charge >= 0.3 is 11.9 Å². The zero-order valence-electron chi connectivity index (χ0n) is 34.1. The average Bonchev–Trinajstić information content (AvgIpc) is 3.12. The van der Waals surface area contributed by atoms with Gasteiger partial charge < -0.3 is 27.9 Å². The Bertz CT molecular complexity index is 1240. The molecule has 0 heterocycles.